The lowest BCUT2D eigenvalue weighted by Gasteiger charge is -2.54. The Morgan fingerprint density at radius 2 is 1.17 bits per heavy atom. The molecule has 0 saturated heterocycles. The number of hydrogen-bond acceptors (Lipinski definition) is 3. The number of furan rings is 1. The number of unbranched alkanes of at least 4 members (excludes halogenated alkanes) is 1. The maximum Gasteiger partial charge on any atom is 0.333 e. The van der Waals surface area contributed by atoms with Crippen LogP contribution in [0.4, 0.5) is 28.4 Å². The minimum absolute atomic E-state index is 0.210. The molecule has 5 heteroatoms. The summed E-state index contributed by atoms with van der Waals surface area (Å²) >= 11 is 0. The fraction of sp³-hybridized carbons (Fsp3) is 0.104. The van der Waals surface area contributed by atoms with Gasteiger partial charge in [-0.15, -0.1) is 10.0 Å². The normalized spacial score (nSPS) is 15.6. The summed E-state index contributed by atoms with van der Waals surface area (Å²) in [6.45, 7) is 7.03. The van der Waals surface area contributed by atoms with Gasteiger partial charge in [-0.3, -0.25) is 0 Å². The molecular weight excluding hydrogens is 892 g/mol. The first-order valence-electron chi connectivity index (χ1n) is 25.8. The second-order valence-corrected chi connectivity index (χ2v) is 23.9. The molecule has 16 rings (SSSR count). The number of fused-ring (bicyclic) bond motifs is 21. The first-order chi connectivity index (χ1) is 35.5. The van der Waals surface area contributed by atoms with E-state index in [2.05, 4.69) is 237 Å². The van der Waals surface area contributed by atoms with Crippen LogP contribution in [0.5, 0.6) is 0 Å². The van der Waals surface area contributed by atoms with E-state index in [4.69, 9.17) is 4.42 Å². The molecule has 4 aliphatic heterocycles. The SMILES string of the molecule is CCCCc1ccc(N2c3cc4c(c5c3B(c3c2ccc2oc6ccccc6c32)N2c3ccccc3S3(c6ccccc6-c6ccccc63)c3cccc-5c32)C(C)(C)c2ccccc2-4)c(-c2ccccc2)c1. The van der Waals surface area contributed by atoms with Crippen LogP contribution >= 0.6 is 10.0 Å². The van der Waals surface area contributed by atoms with Crippen molar-refractivity contribution in [3.8, 4) is 44.5 Å². The summed E-state index contributed by atoms with van der Waals surface area (Å²) in [6, 6.07) is 79.0. The van der Waals surface area contributed by atoms with E-state index >= 15 is 0 Å². The minimum atomic E-state index is -1.97. The predicted molar refractivity (Wildman–Crippen MR) is 302 cm³/mol. The predicted octanol–water partition coefficient (Wildman–Crippen LogP) is 17.2. The molecule has 10 aromatic carbocycles. The highest BCUT2D eigenvalue weighted by Gasteiger charge is 2.56. The molecule has 1 aromatic heterocycles. The maximum atomic E-state index is 6.95. The zero-order valence-corrected chi connectivity index (χ0v) is 41.4. The first kappa shape index (κ1) is 40.7. The van der Waals surface area contributed by atoms with Crippen molar-refractivity contribution in [2.75, 3.05) is 9.71 Å². The van der Waals surface area contributed by atoms with E-state index in [1.165, 1.54) is 126 Å². The monoisotopic (exact) mass is 940 g/mol. The Morgan fingerprint density at radius 1 is 0.500 bits per heavy atom. The summed E-state index contributed by atoms with van der Waals surface area (Å²) < 4.78 is 6.95. The number of benzene rings is 10. The van der Waals surface area contributed by atoms with E-state index in [1.807, 2.05) is 0 Å². The van der Waals surface area contributed by atoms with Crippen LogP contribution < -0.4 is 20.6 Å². The molecule has 0 bridgehead atoms. The van der Waals surface area contributed by atoms with Crippen LogP contribution in [0.15, 0.2) is 230 Å². The van der Waals surface area contributed by atoms with Crippen LogP contribution in [0.25, 0.3) is 66.4 Å². The summed E-state index contributed by atoms with van der Waals surface area (Å²) in [5, 5.41) is 2.33. The van der Waals surface area contributed by atoms with Crippen LogP contribution in [0.1, 0.15) is 50.3 Å². The van der Waals surface area contributed by atoms with Gasteiger partial charge in [0.25, 0.3) is 0 Å². The fourth-order valence-electron chi connectivity index (χ4n) is 14.1. The van der Waals surface area contributed by atoms with Gasteiger partial charge in [-0.05, 0) is 141 Å². The Hall–Kier alpha value is -7.99. The van der Waals surface area contributed by atoms with Gasteiger partial charge in [-0.2, -0.15) is 0 Å². The molecule has 0 amide bonds. The summed E-state index contributed by atoms with van der Waals surface area (Å²) in [7, 11) is -1.97. The van der Waals surface area contributed by atoms with Gasteiger partial charge in [-0.25, -0.2) is 0 Å². The van der Waals surface area contributed by atoms with Crippen molar-refractivity contribution in [3.63, 3.8) is 0 Å². The van der Waals surface area contributed by atoms with E-state index < -0.39 is 10.0 Å². The zero-order chi connectivity index (χ0) is 47.6. The third-order valence-corrected chi connectivity index (χ3v) is 21.0. The average Bonchev–Trinajstić information content (AvgIpc) is 4.04. The lowest BCUT2D eigenvalue weighted by molar-refractivity contribution is 0.662. The second-order valence-electron chi connectivity index (χ2n) is 20.9. The number of nitrogens with zero attached hydrogens (tertiary/aromatic N) is 2. The van der Waals surface area contributed by atoms with Gasteiger partial charge in [0.15, 0.2) is 0 Å². The van der Waals surface area contributed by atoms with Gasteiger partial charge in [0.2, 0.25) is 0 Å². The molecule has 72 heavy (non-hydrogen) atoms. The molecule has 0 fully saturated rings. The van der Waals surface area contributed by atoms with Crippen molar-refractivity contribution in [3.05, 3.63) is 223 Å². The Kier molecular flexibility index (Phi) is 8.23. The van der Waals surface area contributed by atoms with Crippen molar-refractivity contribution < 1.29 is 4.42 Å². The van der Waals surface area contributed by atoms with E-state index in [0.29, 0.717) is 0 Å². The van der Waals surface area contributed by atoms with Gasteiger partial charge in [0.1, 0.15) is 11.2 Å². The topological polar surface area (TPSA) is 19.6 Å². The Labute approximate surface area is 422 Å². The molecule has 11 aromatic rings. The Bertz CT molecular complexity index is 4120. The largest absolute Gasteiger partial charge is 0.456 e. The summed E-state index contributed by atoms with van der Waals surface area (Å²) in [4.78, 5) is 11.1. The molecule has 1 spiro atoms. The van der Waals surface area contributed by atoms with Crippen molar-refractivity contribution in [2.24, 2.45) is 0 Å². The number of para-hydroxylation sites is 3. The Morgan fingerprint density at radius 3 is 1.97 bits per heavy atom. The van der Waals surface area contributed by atoms with Gasteiger partial charge in [0, 0.05) is 64.0 Å². The third-order valence-electron chi connectivity index (χ3n) is 16.9. The number of hydrogen-bond donors (Lipinski definition) is 0. The third kappa shape index (κ3) is 4.99. The van der Waals surface area contributed by atoms with Crippen LogP contribution in [-0.2, 0) is 11.8 Å². The van der Waals surface area contributed by atoms with Gasteiger partial charge >= 0.3 is 6.85 Å². The van der Waals surface area contributed by atoms with Crippen molar-refractivity contribution >= 4 is 78.2 Å². The average molecular weight is 941 g/mol. The van der Waals surface area contributed by atoms with Crippen LogP contribution in [0, 0.1) is 0 Å². The lowest BCUT2D eigenvalue weighted by Crippen LogP contribution is -2.62. The molecule has 0 N–H and O–H groups in total. The van der Waals surface area contributed by atoms with Gasteiger partial charge < -0.3 is 14.1 Å². The van der Waals surface area contributed by atoms with E-state index in [9.17, 15) is 0 Å². The highest BCUT2D eigenvalue weighted by molar-refractivity contribution is 8.34. The van der Waals surface area contributed by atoms with Crippen LogP contribution in [0.3, 0.4) is 0 Å². The smallest absolute Gasteiger partial charge is 0.333 e. The maximum absolute atomic E-state index is 6.95. The Balaban J connectivity index is 1.11. The fourth-order valence-corrected chi connectivity index (χ4v) is 18.6. The number of anilines is 5. The summed E-state index contributed by atoms with van der Waals surface area (Å²) in [6.07, 6.45) is 3.35. The van der Waals surface area contributed by atoms with Gasteiger partial charge in [-0.1, -0.05) is 167 Å². The molecule has 0 atom stereocenters. The number of aryl methyl sites for hydroxylation is 1. The summed E-state index contributed by atoms with van der Waals surface area (Å²) in [5.74, 6) is 0. The second kappa shape index (κ2) is 14.6. The van der Waals surface area contributed by atoms with Crippen molar-refractivity contribution in [1.29, 1.82) is 0 Å². The van der Waals surface area contributed by atoms with E-state index in [0.717, 1.165) is 35.8 Å². The molecule has 342 valence electrons. The molecule has 1 aliphatic carbocycles. The molecule has 5 aliphatic rings. The molecule has 0 radical (unpaired) electrons. The standard InChI is InChI=1S/C67H49BN2OS/c1-4-5-20-41-35-36-51(48(39-41)42-21-7-6-8-22-42)69-53-37-38-56-61(46-26-10-15-30-55(46)71-56)64(53)68-65-54(69)40-49-43-23-9-13-28-50(43)67(2,3)63(49)62(65)47-27-19-34-60-66(47)70(68)52-29-14-18-33-59(52)72(60)57-31-16-11-24-44(57)45-25-12-17-32-58(45)72/h6-19,21-40H,4-5,20H2,1-3H3. The minimum Gasteiger partial charge on any atom is -0.456 e. The van der Waals surface area contributed by atoms with Crippen molar-refractivity contribution in [1.82, 2.24) is 0 Å². The quantitative estimate of drug-likeness (QED) is 0.160. The lowest BCUT2D eigenvalue weighted by atomic mass is 9.42. The van der Waals surface area contributed by atoms with Crippen LogP contribution in [-0.4, -0.2) is 6.85 Å². The van der Waals surface area contributed by atoms with Crippen molar-refractivity contribution in [2.45, 2.75) is 65.0 Å². The highest BCUT2D eigenvalue weighted by atomic mass is 32.3. The molecule has 0 saturated carbocycles. The molecule has 5 heterocycles. The zero-order valence-electron chi connectivity index (χ0n) is 40.5. The molecule has 3 nitrogen and oxygen atoms in total. The highest BCUT2D eigenvalue weighted by Crippen LogP contribution is 2.85. The first-order valence-corrected chi connectivity index (χ1v) is 27.4. The molecule has 0 unspecified atom stereocenters. The molecular formula is C67H49BN2OS. The van der Waals surface area contributed by atoms with E-state index in [1.54, 1.807) is 0 Å². The van der Waals surface area contributed by atoms with Crippen LogP contribution in [0.2, 0.25) is 0 Å². The van der Waals surface area contributed by atoms with Gasteiger partial charge in [0.05, 0.1) is 11.4 Å². The van der Waals surface area contributed by atoms with E-state index in [-0.39, 0.29) is 12.3 Å². The summed E-state index contributed by atoms with van der Waals surface area (Å²) in [5.41, 5.74) is 25.0. The number of rotatable bonds is 5.